The van der Waals surface area contributed by atoms with Crippen LogP contribution in [0.25, 0.3) is 5.76 Å². The Labute approximate surface area is 123 Å². The van der Waals surface area contributed by atoms with Crippen LogP contribution in [0.1, 0.15) is 29.3 Å². The van der Waals surface area contributed by atoms with E-state index in [1.165, 1.54) is 0 Å². The number of allylic oxidation sites excluding steroid dienone is 1. The number of benzene rings is 1. The van der Waals surface area contributed by atoms with Gasteiger partial charge in [0.2, 0.25) is 0 Å². The predicted molar refractivity (Wildman–Crippen MR) is 78.2 cm³/mol. The second-order valence-corrected chi connectivity index (χ2v) is 4.96. The Hall–Kier alpha value is -2.64. The molecule has 1 aliphatic heterocycles. The van der Waals surface area contributed by atoms with E-state index in [1.54, 1.807) is 13.1 Å². The van der Waals surface area contributed by atoms with Gasteiger partial charge in [0, 0.05) is 12.6 Å². The molecule has 0 amide bonds. The van der Waals surface area contributed by atoms with Crippen LogP contribution in [0.15, 0.2) is 42.1 Å². The molecule has 0 aliphatic carbocycles. The molecule has 1 aromatic carbocycles. The molecule has 0 saturated carbocycles. The van der Waals surface area contributed by atoms with Gasteiger partial charge in [0.25, 0.3) is 0 Å². The zero-order valence-corrected chi connectivity index (χ0v) is 11.6. The van der Waals surface area contributed by atoms with Gasteiger partial charge in [0.1, 0.15) is 11.4 Å². The molecule has 4 nitrogen and oxygen atoms in total. The Kier molecular flexibility index (Phi) is 3.43. The fourth-order valence-corrected chi connectivity index (χ4v) is 2.40. The second kappa shape index (κ2) is 5.39. The quantitative estimate of drug-likeness (QED) is 0.815. The molecule has 0 unspecified atom stereocenters. The van der Waals surface area contributed by atoms with Crippen molar-refractivity contribution in [3.63, 3.8) is 0 Å². The maximum atomic E-state index is 9.29. The average molecular weight is 278 g/mol. The highest BCUT2D eigenvalue weighted by atomic mass is 16.5. The molecule has 21 heavy (non-hydrogen) atoms. The number of aliphatic hydroxyl groups is 1. The summed E-state index contributed by atoms with van der Waals surface area (Å²) in [5.41, 5.74) is 3.90. The third-order valence-corrected chi connectivity index (χ3v) is 3.49. The number of hydrogen-bond donors (Lipinski definition) is 1. The minimum absolute atomic E-state index is 0.0565. The van der Waals surface area contributed by atoms with Crippen molar-refractivity contribution in [1.29, 1.82) is 5.26 Å². The molecule has 104 valence electrons. The van der Waals surface area contributed by atoms with Crippen LogP contribution in [0.5, 0.6) is 5.75 Å². The Morgan fingerprint density at radius 1 is 1.38 bits per heavy atom. The normalized spacial score (nSPS) is 15.1. The van der Waals surface area contributed by atoms with E-state index >= 15 is 0 Å². The summed E-state index contributed by atoms with van der Waals surface area (Å²) in [5, 5.41) is 18.5. The summed E-state index contributed by atoms with van der Waals surface area (Å²) in [6.07, 6.45) is 2.28. The summed E-state index contributed by atoms with van der Waals surface area (Å²) in [4.78, 5) is 4.39. The van der Waals surface area contributed by atoms with Crippen molar-refractivity contribution in [3.05, 3.63) is 64.5 Å². The van der Waals surface area contributed by atoms with E-state index in [9.17, 15) is 10.4 Å². The highest BCUT2D eigenvalue weighted by Crippen LogP contribution is 2.34. The summed E-state index contributed by atoms with van der Waals surface area (Å²) < 4.78 is 5.94. The molecule has 4 heteroatoms. The van der Waals surface area contributed by atoms with E-state index in [0.717, 1.165) is 22.4 Å². The maximum Gasteiger partial charge on any atom is 0.166 e. The van der Waals surface area contributed by atoms with Crippen LogP contribution >= 0.6 is 0 Å². The average Bonchev–Trinajstić information content (AvgIpc) is 2.69. The van der Waals surface area contributed by atoms with Crippen LogP contribution in [-0.2, 0) is 13.0 Å². The number of aliphatic hydroxyl groups excluding tert-OH is 1. The van der Waals surface area contributed by atoms with Gasteiger partial charge < -0.3 is 9.84 Å². The first kappa shape index (κ1) is 13.3. The molecule has 0 fully saturated rings. The van der Waals surface area contributed by atoms with E-state index in [0.29, 0.717) is 23.4 Å². The van der Waals surface area contributed by atoms with E-state index in [1.807, 2.05) is 30.3 Å². The van der Waals surface area contributed by atoms with Crippen molar-refractivity contribution >= 4 is 5.76 Å². The number of hydrogen-bond acceptors (Lipinski definition) is 4. The smallest absolute Gasteiger partial charge is 0.166 e. The lowest BCUT2D eigenvalue weighted by Crippen LogP contribution is -2.02. The number of pyridine rings is 1. The van der Waals surface area contributed by atoms with Gasteiger partial charge in [-0.1, -0.05) is 18.2 Å². The number of nitrogens with zero attached hydrogens (tertiary/aromatic N) is 2. The van der Waals surface area contributed by atoms with Crippen LogP contribution in [-0.4, -0.2) is 10.1 Å². The molecule has 0 radical (unpaired) electrons. The van der Waals surface area contributed by atoms with E-state index < -0.39 is 0 Å². The first-order chi connectivity index (χ1) is 10.2. The standard InChI is InChI=1S/C17H14N2O2/c1-11(8-18)17-16-14(6-12(10-20)9-19-16)7-13-4-2-3-5-15(13)21-17/h2-6,9,20H,7,10H2,1H3. The minimum atomic E-state index is -0.0565. The largest absolute Gasteiger partial charge is 0.454 e. The van der Waals surface area contributed by atoms with Crippen LogP contribution in [0, 0.1) is 11.3 Å². The second-order valence-electron chi connectivity index (χ2n) is 4.96. The van der Waals surface area contributed by atoms with Crippen LogP contribution in [0.2, 0.25) is 0 Å². The number of nitriles is 1. The molecule has 0 spiro atoms. The summed E-state index contributed by atoms with van der Waals surface area (Å²) in [6, 6.07) is 11.8. The maximum absolute atomic E-state index is 9.29. The van der Waals surface area contributed by atoms with Gasteiger partial charge in [-0.25, -0.2) is 0 Å². The Morgan fingerprint density at radius 2 is 2.19 bits per heavy atom. The van der Waals surface area contributed by atoms with Crippen molar-refractivity contribution in [2.45, 2.75) is 20.0 Å². The first-order valence-electron chi connectivity index (χ1n) is 6.68. The Morgan fingerprint density at radius 3 is 2.95 bits per heavy atom. The minimum Gasteiger partial charge on any atom is -0.454 e. The topological polar surface area (TPSA) is 66.1 Å². The monoisotopic (exact) mass is 278 g/mol. The van der Waals surface area contributed by atoms with Crippen LogP contribution in [0.4, 0.5) is 0 Å². The number of rotatable bonds is 1. The van der Waals surface area contributed by atoms with Crippen molar-refractivity contribution in [2.24, 2.45) is 0 Å². The van der Waals surface area contributed by atoms with Gasteiger partial charge in [-0.3, -0.25) is 4.98 Å². The van der Waals surface area contributed by atoms with Gasteiger partial charge in [0.15, 0.2) is 5.76 Å². The zero-order chi connectivity index (χ0) is 14.8. The number of para-hydroxylation sites is 1. The van der Waals surface area contributed by atoms with Crippen molar-refractivity contribution in [3.8, 4) is 11.8 Å². The molecular weight excluding hydrogens is 264 g/mol. The summed E-state index contributed by atoms with van der Waals surface area (Å²) in [6.45, 7) is 1.66. The predicted octanol–water partition coefficient (Wildman–Crippen LogP) is 2.81. The van der Waals surface area contributed by atoms with Gasteiger partial charge in [0.05, 0.1) is 18.2 Å². The molecule has 1 aromatic heterocycles. The van der Waals surface area contributed by atoms with Crippen molar-refractivity contribution < 1.29 is 9.84 Å². The Bertz CT molecular complexity index is 773. The van der Waals surface area contributed by atoms with Crippen molar-refractivity contribution in [1.82, 2.24) is 4.98 Å². The lowest BCUT2D eigenvalue weighted by molar-refractivity contribution is 0.281. The van der Waals surface area contributed by atoms with E-state index in [4.69, 9.17) is 4.74 Å². The molecule has 2 aromatic rings. The Balaban J connectivity index is 2.25. The molecular formula is C17H14N2O2. The SMILES string of the molecule is CC(C#N)=C1Oc2ccccc2Cc2cc(CO)cnc21. The molecule has 0 saturated heterocycles. The van der Waals surface area contributed by atoms with Crippen LogP contribution in [0.3, 0.4) is 0 Å². The number of ether oxygens (including phenoxy) is 1. The molecule has 0 atom stereocenters. The van der Waals surface area contributed by atoms with Crippen molar-refractivity contribution in [2.75, 3.05) is 0 Å². The first-order valence-corrected chi connectivity index (χ1v) is 6.68. The lowest BCUT2D eigenvalue weighted by atomic mass is 10.0. The number of fused-ring (bicyclic) bond motifs is 2. The molecule has 3 rings (SSSR count). The third-order valence-electron chi connectivity index (χ3n) is 3.49. The van der Waals surface area contributed by atoms with E-state index in [2.05, 4.69) is 11.1 Å². The van der Waals surface area contributed by atoms with E-state index in [-0.39, 0.29) is 6.61 Å². The van der Waals surface area contributed by atoms with Gasteiger partial charge in [-0.05, 0) is 35.7 Å². The molecule has 2 heterocycles. The summed E-state index contributed by atoms with van der Waals surface area (Å²) >= 11 is 0. The van der Waals surface area contributed by atoms with Gasteiger partial charge in [-0.2, -0.15) is 5.26 Å². The highest BCUT2D eigenvalue weighted by Gasteiger charge is 2.21. The molecule has 1 aliphatic rings. The molecule has 0 bridgehead atoms. The summed E-state index contributed by atoms with van der Waals surface area (Å²) in [7, 11) is 0. The highest BCUT2D eigenvalue weighted by molar-refractivity contribution is 5.70. The molecule has 1 N–H and O–H groups in total. The lowest BCUT2D eigenvalue weighted by Gasteiger charge is -2.10. The fourth-order valence-electron chi connectivity index (χ4n) is 2.40. The zero-order valence-electron chi connectivity index (χ0n) is 11.6. The number of aromatic nitrogens is 1. The van der Waals surface area contributed by atoms with Gasteiger partial charge in [-0.15, -0.1) is 0 Å². The summed E-state index contributed by atoms with van der Waals surface area (Å²) in [5.74, 6) is 1.23. The van der Waals surface area contributed by atoms with Gasteiger partial charge >= 0.3 is 0 Å². The van der Waals surface area contributed by atoms with Crippen LogP contribution < -0.4 is 4.74 Å². The third kappa shape index (κ3) is 2.39. The fraction of sp³-hybridized carbons (Fsp3) is 0.176.